The molecular formula is C28H34N4O4Si. The van der Waals surface area contributed by atoms with Crippen LogP contribution in [-0.2, 0) is 0 Å². The number of aromatic nitrogens is 3. The molecule has 1 aromatic carbocycles. The molecule has 0 unspecified atom stereocenters. The van der Waals surface area contributed by atoms with E-state index in [0.717, 1.165) is 16.8 Å². The lowest BCUT2D eigenvalue weighted by Gasteiger charge is -2.37. The summed E-state index contributed by atoms with van der Waals surface area (Å²) < 4.78 is 17.9. The van der Waals surface area contributed by atoms with Crippen molar-refractivity contribution in [3.63, 3.8) is 0 Å². The van der Waals surface area contributed by atoms with E-state index in [9.17, 15) is 4.79 Å². The van der Waals surface area contributed by atoms with Crippen molar-refractivity contribution in [1.82, 2.24) is 15.0 Å². The zero-order valence-corrected chi connectivity index (χ0v) is 23.7. The number of pyridine rings is 2. The Morgan fingerprint density at radius 2 is 1.59 bits per heavy atom. The minimum Gasteiger partial charge on any atom is -0.539 e. The van der Waals surface area contributed by atoms with Gasteiger partial charge in [-0.25, -0.2) is 4.98 Å². The number of carbonyl (C=O) groups is 1. The van der Waals surface area contributed by atoms with E-state index >= 15 is 0 Å². The topological polar surface area (TPSA) is 89.6 Å². The molecule has 0 saturated carbocycles. The van der Waals surface area contributed by atoms with Crippen molar-refractivity contribution in [3.05, 3.63) is 60.6 Å². The third kappa shape index (κ3) is 5.17. The second kappa shape index (κ2) is 9.89. The van der Waals surface area contributed by atoms with Gasteiger partial charge in [-0.2, -0.15) is 0 Å². The molecule has 0 atom stereocenters. The molecule has 0 bridgehead atoms. The van der Waals surface area contributed by atoms with Gasteiger partial charge >= 0.3 is 0 Å². The number of nitrogens with one attached hydrogen (secondary N) is 1. The van der Waals surface area contributed by atoms with E-state index in [1.165, 1.54) is 0 Å². The maximum Gasteiger partial charge on any atom is 0.274 e. The van der Waals surface area contributed by atoms with E-state index in [-0.39, 0.29) is 10.9 Å². The molecule has 0 radical (unpaired) electrons. The highest BCUT2D eigenvalue weighted by Crippen LogP contribution is 2.46. The zero-order valence-electron chi connectivity index (χ0n) is 22.7. The van der Waals surface area contributed by atoms with Crippen LogP contribution in [0.3, 0.4) is 0 Å². The second-order valence-corrected chi connectivity index (χ2v) is 15.2. The van der Waals surface area contributed by atoms with Crippen LogP contribution in [0.5, 0.6) is 17.2 Å². The van der Waals surface area contributed by atoms with Crippen LogP contribution in [0.4, 0.5) is 5.69 Å². The summed E-state index contributed by atoms with van der Waals surface area (Å²) in [7, 11) is 2.72. The van der Waals surface area contributed by atoms with Crippen LogP contribution < -0.4 is 18.8 Å². The van der Waals surface area contributed by atoms with Crippen LogP contribution in [-0.4, -0.2) is 50.4 Å². The molecule has 194 valence electrons. The van der Waals surface area contributed by atoms with Crippen LogP contribution in [0.1, 0.15) is 31.3 Å². The SMILES string of the molecule is COc1cc(N(C)C(=O)c2cc3nc(-c4ccncc4)ccc3[nH]2)cc(OC)c1O[Si](C)(C)C(C)(C)C. The number of ether oxygens (including phenoxy) is 2. The summed E-state index contributed by atoms with van der Waals surface area (Å²) in [5.74, 6) is 1.36. The number of methoxy groups -OCH3 is 2. The summed E-state index contributed by atoms with van der Waals surface area (Å²) in [6.07, 6.45) is 3.46. The molecule has 0 saturated heterocycles. The zero-order chi connectivity index (χ0) is 27.0. The Hall–Kier alpha value is -3.85. The number of benzene rings is 1. The van der Waals surface area contributed by atoms with Crippen LogP contribution in [0.25, 0.3) is 22.3 Å². The van der Waals surface area contributed by atoms with Gasteiger partial charge in [0, 0.05) is 37.1 Å². The van der Waals surface area contributed by atoms with E-state index in [1.54, 1.807) is 56.8 Å². The van der Waals surface area contributed by atoms with E-state index in [0.29, 0.717) is 34.1 Å². The van der Waals surface area contributed by atoms with E-state index < -0.39 is 8.32 Å². The van der Waals surface area contributed by atoms with Crippen molar-refractivity contribution in [2.24, 2.45) is 0 Å². The van der Waals surface area contributed by atoms with E-state index in [1.807, 2.05) is 24.3 Å². The van der Waals surface area contributed by atoms with Crippen LogP contribution in [0.2, 0.25) is 18.1 Å². The second-order valence-electron chi connectivity index (χ2n) is 10.5. The molecule has 3 aromatic heterocycles. The van der Waals surface area contributed by atoms with Gasteiger partial charge in [-0.1, -0.05) is 20.8 Å². The first kappa shape index (κ1) is 26.2. The van der Waals surface area contributed by atoms with Crippen molar-refractivity contribution in [2.75, 3.05) is 26.2 Å². The Bertz CT molecular complexity index is 1400. The molecule has 0 aliphatic carbocycles. The van der Waals surface area contributed by atoms with E-state index in [4.69, 9.17) is 18.9 Å². The first-order valence-corrected chi connectivity index (χ1v) is 15.0. The number of nitrogens with zero attached hydrogens (tertiary/aromatic N) is 3. The fourth-order valence-corrected chi connectivity index (χ4v) is 4.69. The summed E-state index contributed by atoms with van der Waals surface area (Å²) in [4.78, 5) is 27.0. The molecule has 8 nitrogen and oxygen atoms in total. The summed E-state index contributed by atoms with van der Waals surface area (Å²) >= 11 is 0. The molecular weight excluding hydrogens is 484 g/mol. The van der Waals surface area contributed by atoms with E-state index in [2.05, 4.69) is 43.8 Å². The number of hydrogen-bond donors (Lipinski definition) is 1. The highest BCUT2D eigenvalue weighted by atomic mass is 28.4. The van der Waals surface area contributed by atoms with Gasteiger partial charge in [0.25, 0.3) is 14.2 Å². The van der Waals surface area contributed by atoms with Crippen molar-refractivity contribution in [1.29, 1.82) is 0 Å². The molecule has 4 rings (SSSR count). The van der Waals surface area contributed by atoms with Gasteiger partial charge < -0.3 is 23.8 Å². The number of fused-ring (bicyclic) bond motifs is 1. The largest absolute Gasteiger partial charge is 0.539 e. The molecule has 0 spiro atoms. The summed E-state index contributed by atoms with van der Waals surface area (Å²) in [6, 6.07) is 13.0. The number of hydrogen-bond acceptors (Lipinski definition) is 6. The lowest BCUT2D eigenvalue weighted by molar-refractivity contribution is 0.0989. The van der Waals surface area contributed by atoms with Crippen LogP contribution in [0.15, 0.2) is 54.9 Å². The molecule has 37 heavy (non-hydrogen) atoms. The normalized spacial score (nSPS) is 11.9. The van der Waals surface area contributed by atoms with Crippen molar-refractivity contribution in [2.45, 2.75) is 38.9 Å². The number of rotatable bonds is 7. The van der Waals surface area contributed by atoms with Gasteiger partial charge in [0.1, 0.15) is 5.69 Å². The van der Waals surface area contributed by atoms with Crippen molar-refractivity contribution in [3.8, 4) is 28.5 Å². The van der Waals surface area contributed by atoms with Gasteiger partial charge in [-0.3, -0.25) is 9.78 Å². The number of amides is 1. The molecule has 3 heterocycles. The number of aromatic amines is 1. The summed E-state index contributed by atoms with van der Waals surface area (Å²) in [5, 5.41) is -0.00459. The molecule has 0 aliphatic rings. The van der Waals surface area contributed by atoms with Crippen molar-refractivity contribution >= 4 is 30.9 Å². The monoisotopic (exact) mass is 518 g/mol. The minimum absolute atomic E-state index is 0.00459. The maximum absolute atomic E-state index is 13.5. The van der Waals surface area contributed by atoms with Gasteiger partial charge in [-0.05, 0) is 48.5 Å². The number of H-pyrrole nitrogens is 1. The lowest BCUT2D eigenvalue weighted by atomic mass is 10.2. The lowest BCUT2D eigenvalue weighted by Crippen LogP contribution is -2.44. The number of carbonyl (C=O) groups excluding carboxylic acids is 1. The quantitative estimate of drug-likeness (QED) is 0.289. The average molecular weight is 519 g/mol. The standard InChI is InChI=1S/C28H34N4O4Si/c1-28(2,3)37(7,8)36-26-24(34-5)15-19(16-25(26)35-6)32(4)27(33)23-17-22-21(31-23)10-9-20(30-22)18-11-13-29-14-12-18/h9-17,31H,1-8H3. The Labute approximate surface area is 218 Å². The predicted molar refractivity (Wildman–Crippen MR) is 149 cm³/mol. The summed E-state index contributed by atoms with van der Waals surface area (Å²) in [5.41, 5.74) is 4.30. The minimum atomic E-state index is -2.16. The smallest absolute Gasteiger partial charge is 0.274 e. The average Bonchev–Trinajstić information content (AvgIpc) is 3.31. The maximum atomic E-state index is 13.5. The van der Waals surface area contributed by atoms with Gasteiger partial charge in [0.2, 0.25) is 0 Å². The number of anilines is 1. The Morgan fingerprint density at radius 1 is 0.973 bits per heavy atom. The summed E-state index contributed by atoms with van der Waals surface area (Å²) in [6.45, 7) is 10.9. The Kier molecular flexibility index (Phi) is 7.01. The Balaban J connectivity index is 1.66. The van der Waals surface area contributed by atoms with Crippen LogP contribution in [0, 0.1) is 0 Å². The fraction of sp³-hybridized carbons (Fsp3) is 0.321. The Morgan fingerprint density at radius 3 is 2.16 bits per heavy atom. The van der Waals surface area contributed by atoms with Gasteiger partial charge in [-0.15, -0.1) is 0 Å². The van der Waals surface area contributed by atoms with Gasteiger partial charge in [0.05, 0.1) is 36.6 Å². The molecule has 9 heteroatoms. The van der Waals surface area contributed by atoms with Gasteiger partial charge in [0.15, 0.2) is 17.2 Å². The third-order valence-corrected chi connectivity index (χ3v) is 11.3. The first-order chi connectivity index (χ1) is 17.4. The molecule has 4 aromatic rings. The molecule has 1 N–H and O–H groups in total. The first-order valence-electron chi connectivity index (χ1n) is 12.1. The molecule has 0 fully saturated rings. The van der Waals surface area contributed by atoms with Crippen molar-refractivity contribution < 1.29 is 18.7 Å². The molecule has 0 aliphatic heterocycles. The highest BCUT2D eigenvalue weighted by Gasteiger charge is 2.40. The molecule has 1 amide bonds. The fourth-order valence-electron chi connectivity index (χ4n) is 3.67. The third-order valence-electron chi connectivity index (χ3n) is 6.98. The highest BCUT2D eigenvalue weighted by molar-refractivity contribution is 6.74. The van der Waals surface area contributed by atoms with Crippen LogP contribution >= 0.6 is 0 Å². The predicted octanol–water partition coefficient (Wildman–Crippen LogP) is 6.30.